The van der Waals surface area contributed by atoms with Crippen LogP contribution in [0.15, 0.2) is 66.4 Å². The van der Waals surface area contributed by atoms with Gasteiger partial charge in [0.15, 0.2) is 5.69 Å². The Kier molecular flexibility index (Phi) is 46.0. The van der Waals surface area contributed by atoms with E-state index in [1.54, 1.807) is 36.4 Å². The van der Waals surface area contributed by atoms with Gasteiger partial charge in [-0.05, 0) is 155 Å². The van der Waals surface area contributed by atoms with E-state index in [-0.39, 0.29) is 116 Å². The molecule has 0 radical (unpaired) electrons. The predicted octanol–water partition coefficient (Wildman–Crippen LogP) is 24.7. The second kappa shape index (κ2) is 53.3. The van der Waals surface area contributed by atoms with E-state index in [4.69, 9.17) is 16.8 Å². The third-order valence-electron chi connectivity index (χ3n) is 24.1. The van der Waals surface area contributed by atoms with Crippen molar-refractivity contribution < 1.29 is 29.4 Å². The molecular formula is C94H150N12O8. The molecular weight excluding hydrogens is 1430 g/mol. The van der Waals surface area contributed by atoms with Gasteiger partial charge in [-0.2, -0.15) is 5.26 Å². The normalized spacial score (nSPS) is 13.8. The molecule has 2 aromatic heterocycles. The van der Waals surface area contributed by atoms with Crippen molar-refractivity contribution in [3.05, 3.63) is 107 Å². The topological polar surface area (TPSA) is 243 Å². The molecule has 0 spiro atoms. The number of nitrogens with zero attached hydrogens (tertiary/aromatic N) is 12. The molecule has 0 aliphatic rings. The van der Waals surface area contributed by atoms with Crippen molar-refractivity contribution in [1.82, 2.24) is 28.7 Å². The van der Waals surface area contributed by atoms with Crippen molar-refractivity contribution in [1.29, 1.82) is 5.26 Å². The van der Waals surface area contributed by atoms with Crippen LogP contribution in [0.2, 0.25) is 0 Å². The molecule has 0 aliphatic heterocycles. The van der Waals surface area contributed by atoms with E-state index in [2.05, 4.69) is 126 Å². The van der Waals surface area contributed by atoms with Crippen LogP contribution in [0.5, 0.6) is 11.8 Å². The summed E-state index contributed by atoms with van der Waals surface area (Å²) < 4.78 is 1.71. The second-order valence-electron chi connectivity index (χ2n) is 33.0. The average molecular weight is 1580 g/mol. The number of azo groups is 2. The molecule has 4 aromatic rings. The van der Waals surface area contributed by atoms with Gasteiger partial charge in [-0.15, -0.1) is 20.5 Å². The van der Waals surface area contributed by atoms with Gasteiger partial charge in [-0.25, -0.2) is 4.85 Å². The molecule has 4 rings (SSSR count). The van der Waals surface area contributed by atoms with Crippen LogP contribution < -0.4 is 11.1 Å². The fraction of sp³-hybridized carbons (Fsp3) is 0.702. The summed E-state index contributed by atoms with van der Waals surface area (Å²) in [6.07, 6.45) is 29.2. The minimum Gasteiger partial charge on any atom is -0.493 e. The predicted molar refractivity (Wildman–Crippen MR) is 467 cm³/mol. The van der Waals surface area contributed by atoms with Gasteiger partial charge >= 0.3 is 0 Å². The summed E-state index contributed by atoms with van der Waals surface area (Å²) in [6.45, 7) is 49.1. The molecule has 20 nitrogen and oxygen atoms in total. The van der Waals surface area contributed by atoms with Crippen molar-refractivity contribution in [2.75, 3.05) is 52.4 Å². The van der Waals surface area contributed by atoms with Crippen molar-refractivity contribution in [2.45, 2.75) is 330 Å². The van der Waals surface area contributed by atoms with Gasteiger partial charge in [0.25, 0.3) is 40.4 Å². The number of aromatic nitrogens is 2. The Balaban J connectivity index is 2.08. The Morgan fingerprint density at radius 2 is 0.719 bits per heavy atom. The molecule has 8 unspecified atom stereocenters. The van der Waals surface area contributed by atoms with Crippen LogP contribution in [0.1, 0.15) is 362 Å². The number of amides is 4. The molecule has 0 fully saturated rings. The van der Waals surface area contributed by atoms with E-state index in [9.17, 15) is 25.1 Å². The molecule has 114 heavy (non-hydrogen) atoms. The van der Waals surface area contributed by atoms with E-state index in [0.29, 0.717) is 63.5 Å². The second-order valence-corrected chi connectivity index (χ2v) is 33.0. The number of nitriles is 1. The highest BCUT2D eigenvalue weighted by atomic mass is 16.3. The number of unbranched alkanes of at least 4 members (excludes halogenated alkanes) is 7. The molecule has 2 aromatic carbocycles. The van der Waals surface area contributed by atoms with Gasteiger partial charge in [0.05, 0.1) is 29.1 Å². The number of aromatic hydroxyl groups is 2. The van der Waals surface area contributed by atoms with E-state index < -0.39 is 47.2 Å². The highest BCUT2D eigenvalue weighted by Crippen LogP contribution is 2.39. The number of pyridine rings is 2. The maximum atomic E-state index is 15.6. The molecule has 2 N–H and O–H groups in total. The standard InChI is InChI=1S/C94H150N12O8/c1-20-35-43-67(16)59-101(61-71(29-10)44-36-21-2)87(107)77-50-52-79(90(110)104(65-75(33-14)48-40-25-6)66-76(34-15)49-41-26-7)82(56-77)97-99-85-68(17)81(58-95)91(111)105(93(85)113)54-55-106-92(112)84(96-19)69(18)86(94(106)114)100-98-83-57-78(88(108)102(62-72(30-11)45-37-22-3)63-73(31-12)46-38-23-4)51-53-80(83)89(109)103(60-70(28-9)42-27-8)64-74(32-13)47-39-24-5/h50-53,56-57,67,70-76,113-114H,20-49,54-55,59-66H2,1-18H3/b99-97+,100-98+. The molecule has 0 aliphatic carbocycles. The van der Waals surface area contributed by atoms with E-state index in [1.165, 1.54) is 13.8 Å². The molecule has 4 amide bonds. The van der Waals surface area contributed by atoms with Gasteiger partial charge in [0, 0.05) is 82.1 Å². The zero-order valence-electron chi connectivity index (χ0n) is 74.1. The van der Waals surface area contributed by atoms with Crippen molar-refractivity contribution in [3.8, 4) is 17.8 Å². The lowest BCUT2D eigenvalue weighted by Crippen LogP contribution is -2.39. The number of benzene rings is 2. The fourth-order valence-electron chi connectivity index (χ4n) is 16.0. The summed E-state index contributed by atoms with van der Waals surface area (Å²) >= 11 is 0. The van der Waals surface area contributed by atoms with Gasteiger partial charge in [0.1, 0.15) is 17.3 Å². The van der Waals surface area contributed by atoms with Gasteiger partial charge in [-0.1, -0.05) is 252 Å². The summed E-state index contributed by atoms with van der Waals surface area (Å²) in [7, 11) is 0. The third-order valence-corrected chi connectivity index (χ3v) is 24.1. The van der Waals surface area contributed by atoms with Crippen molar-refractivity contribution >= 4 is 52.1 Å². The summed E-state index contributed by atoms with van der Waals surface area (Å²) in [6, 6.07) is 12.0. The van der Waals surface area contributed by atoms with E-state index in [1.807, 2.05) is 25.7 Å². The zero-order chi connectivity index (χ0) is 84.4. The van der Waals surface area contributed by atoms with Crippen LogP contribution in [0, 0.1) is 79.1 Å². The monoisotopic (exact) mass is 1580 g/mol. The molecule has 0 saturated heterocycles. The molecule has 0 saturated carbocycles. The minimum absolute atomic E-state index is 0.0193. The van der Waals surface area contributed by atoms with Crippen LogP contribution in [-0.4, -0.2) is 115 Å². The van der Waals surface area contributed by atoms with Crippen LogP contribution in [0.3, 0.4) is 0 Å². The number of rotatable bonds is 57. The van der Waals surface area contributed by atoms with Crippen LogP contribution in [0.4, 0.5) is 28.4 Å². The third kappa shape index (κ3) is 29.3. The zero-order valence-corrected chi connectivity index (χ0v) is 74.1. The number of carbonyl (C=O) groups is 4. The smallest absolute Gasteiger partial charge is 0.271 e. The lowest BCUT2D eigenvalue weighted by molar-refractivity contribution is 0.0674. The highest BCUT2D eigenvalue weighted by molar-refractivity contribution is 6.03. The Morgan fingerprint density at radius 1 is 0.421 bits per heavy atom. The number of carbonyl (C=O) groups excluding carboxylic acids is 4. The average Bonchev–Trinajstić information content (AvgIpc) is 0.780. The number of hydrogen-bond donors (Lipinski definition) is 2. The maximum Gasteiger partial charge on any atom is 0.271 e. The first-order valence-electron chi connectivity index (χ1n) is 44.9. The van der Waals surface area contributed by atoms with Gasteiger partial charge in [-0.3, -0.25) is 37.9 Å². The number of hydrogen-bond acceptors (Lipinski definition) is 13. The molecule has 2 heterocycles. The van der Waals surface area contributed by atoms with E-state index in [0.717, 1.165) is 202 Å². The first-order valence-corrected chi connectivity index (χ1v) is 44.9. The molecule has 0 bridgehead atoms. The van der Waals surface area contributed by atoms with E-state index >= 15 is 19.2 Å². The Hall–Kier alpha value is -8.00. The summed E-state index contributed by atoms with van der Waals surface area (Å²) in [5.41, 5.74) is -2.22. The van der Waals surface area contributed by atoms with Crippen molar-refractivity contribution in [3.63, 3.8) is 0 Å². The molecule has 20 heteroatoms. The summed E-state index contributed by atoms with van der Waals surface area (Å²) in [5.74, 6) is -0.535. The van der Waals surface area contributed by atoms with Crippen LogP contribution in [-0.2, 0) is 13.1 Å². The summed E-state index contributed by atoms with van der Waals surface area (Å²) in [4.78, 5) is 103. The fourth-order valence-corrected chi connectivity index (χ4v) is 16.0. The molecule has 634 valence electrons. The maximum absolute atomic E-state index is 15.6. The lowest BCUT2D eigenvalue weighted by atomic mass is 9.94. The largest absolute Gasteiger partial charge is 0.493 e. The SMILES string of the molecule is [C-]#[N+]c1c(C)c(/N=N/c2cc(C(=O)N(CC(CC)CCCC)CC(CC)CCCC)ccc2C(=O)N(CC(CC)CCC)CC(CC)CCCC)c(O)n(CCn2c(O)c(/N=N/c3cc(C(=O)N(CC(C)CCCC)CC(CC)CCCC)ccc3C(=O)N(CC(CC)CCCC)CC(CC)CCCC)c(C)c(C#N)c2=O)c1=O. The van der Waals surface area contributed by atoms with Gasteiger partial charge < -0.3 is 29.8 Å². The van der Waals surface area contributed by atoms with Crippen LogP contribution in [0.25, 0.3) is 4.85 Å². The lowest BCUT2D eigenvalue weighted by Gasteiger charge is -2.32. The molecule has 8 atom stereocenters. The Bertz CT molecular complexity index is 3850. The van der Waals surface area contributed by atoms with Gasteiger partial charge in [0.2, 0.25) is 11.8 Å². The minimum atomic E-state index is -0.942. The first-order chi connectivity index (χ1) is 54.9. The van der Waals surface area contributed by atoms with Crippen molar-refractivity contribution in [2.24, 2.45) is 67.8 Å². The summed E-state index contributed by atoms with van der Waals surface area (Å²) in [5, 5.41) is 54.7. The first kappa shape index (κ1) is 98.4. The highest BCUT2D eigenvalue weighted by Gasteiger charge is 2.32. The Morgan fingerprint density at radius 3 is 1.03 bits per heavy atom. The van der Waals surface area contributed by atoms with Crippen LogP contribution >= 0.6 is 0 Å². The quantitative estimate of drug-likeness (QED) is 0.0315. The Labute approximate surface area is 687 Å².